The molecule has 0 bridgehead atoms. The molecule has 0 aliphatic carbocycles. The molecule has 164 valence electrons. The van der Waals surface area contributed by atoms with Crippen LogP contribution in [0.5, 0.6) is 0 Å². The molecular weight excluding hydrogens is 356 g/mol. The summed E-state index contributed by atoms with van der Waals surface area (Å²) in [7, 11) is 0. The Morgan fingerprint density at radius 2 is 0.667 bits per heavy atom. The van der Waals surface area contributed by atoms with Gasteiger partial charge in [-0.3, -0.25) is 0 Å². The molecule has 0 atom stereocenters. The summed E-state index contributed by atoms with van der Waals surface area (Å²) in [5, 5.41) is 0. The van der Waals surface area contributed by atoms with Crippen LogP contribution >= 0.6 is 0 Å². The zero-order valence-corrected chi connectivity index (χ0v) is 17.4. The number of ether oxygens (including phenoxy) is 8. The fourth-order valence-corrected chi connectivity index (χ4v) is 1.81. The Balaban J connectivity index is 2.97. The van der Waals surface area contributed by atoms with Crippen LogP contribution in [0, 0.1) is 0 Å². The third-order valence-corrected chi connectivity index (χ3v) is 3.12. The van der Waals surface area contributed by atoms with Gasteiger partial charge in [0, 0.05) is 6.61 Å². The van der Waals surface area contributed by atoms with Gasteiger partial charge in [0.15, 0.2) is 0 Å². The Hall–Kier alpha value is -0.320. The van der Waals surface area contributed by atoms with Crippen molar-refractivity contribution < 1.29 is 37.9 Å². The Morgan fingerprint density at radius 1 is 0.407 bits per heavy atom. The van der Waals surface area contributed by atoms with Gasteiger partial charge < -0.3 is 37.9 Å². The molecule has 8 nitrogen and oxygen atoms in total. The molecule has 0 aliphatic heterocycles. The van der Waals surface area contributed by atoms with Gasteiger partial charge in [-0.1, -0.05) is 0 Å². The Labute approximate surface area is 164 Å². The zero-order chi connectivity index (χ0) is 19.8. The van der Waals surface area contributed by atoms with Crippen LogP contribution in [0.15, 0.2) is 0 Å². The van der Waals surface area contributed by atoms with Crippen LogP contribution in [0.2, 0.25) is 0 Å². The van der Waals surface area contributed by atoms with Crippen molar-refractivity contribution in [2.24, 2.45) is 0 Å². The highest BCUT2D eigenvalue weighted by Gasteiger charge is 1.95. The minimum atomic E-state index is 0.245. The molecule has 0 aliphatic rings. The fraction of sp³-hybridized carbons (Fsp3) is 1.00. The van der Waals surface area contributed by atoms with E-state index in [-0.39, 0.29) is 6.10 Å². The molecule has 0 rings (SSSR count). The molecule has 0 spiro atoms. The van der Waals surface area contributed by atoms with Crippen LogP contribution in [-0.2, 0) is 37.9 Å². The molecule has 0 radical (unpaired) electrons. The van der Waals surface area contributed by atoms with E-state index in [1.165, 1.54) is 0 Å². The lowest BCUT2D eigenvalue weighted by molar-refractivity contribution is -0.0253. The van der Waals surface area contributed by atoms with Crippen molar-refractivity contribution in [3.8, 4) is 0 Å². The lowest BCUT2D eigenvalue weighted by Crippen LogP contribution is -2.15. The third-order valence-electron chi connectivity index (χ3n) is 3.12. The van der Waals surface area contributed by atoms with Gasteiger partial charge in [0.2, 0.25) is 0 Å². The highest BCUT2D eigenvalue weighted by atomic mass is 16.6. The smallest absolute Gasteiger partial charge is 0.0703 e. The summed E-state index contributed by atoms with van der Waals surface area (Å²) in [5.41, 5.74) is 0. The van der Waals surface area contributed by atoms with Crippen molar-refractivity contribution in [1.82, 2.24) is 0 Å². The first-order chi connectivity index (χ1) is 13.3. The van der Waals surface area contributed by atoms with E-state index in [0.29, 0.717) is 92.5 Å². The van der Waals surface area contributed by atoms with Crippen molar-refractivity contribution in [2.75, 3.05) is 99.1 Å². The van der Waals surface area contributed by atoms with Gasteiger partial charge in [-0.05, 0) is 20.8 Å². The molecule has 0 aromatic heterocycles. The van der Waals surface area contributed by atoms with E-state index in [2.05, 4.69) is 0 Å². The van der Waals surface area contributed by atoms with Gasteiger partial charge >= 0.3 is 0 Å². The fourth-order valence-electron chi connectivity index (χ4n) is 1.81. The van der Waals surface area contributed by atoms with Crippen molar-refractivity contribution in [2.45, 2.75) is 26.9 Å². The minimum Gasteiger partial charge on any atom is -0.379 e. The van der Waals surface area contributed by atoms with Gasteiger partial charge in [-0.2, -0.15) is 0 Å². The summed E-state index contributed by atoms with van der Waals surface area (Å²) in [5.74, 6) is 0. The highest BCUT2D eigenvalue weighted by molar-refractivity contribution is 4.38. The maximum absolute atomic E-state index is 5.41. The first-order valence-electron chi connectivity index (χ1n) is 9.93. The van der Waals surface area contributed by atoms with Crippen LogP contribution in [0.4, 0.5) is 0 Å². The van der Waals surface area contributed by atoms with Gasteiger partial charge in [0.05, 0.1) is 98.6 Å². The largest absolute Gasteiger partial charge is 0.379 e. The maximum Gasteiger partial charge on any atom is 0.0703 e. The van der Waals surface area contributed by atoms with E-state index >= 15 is 0 Å². The molecule has 8 heteroatoms. The lowest BCUT2D eigenvalue weighted by atomic mass is 10.5. The lowest BCUT2D eigenvalue weighted by Gasteiger charge is -2.09. The molecule has 0 N–H and O–H groups in total. The average molecular weight is 397 g/mol. The van der Waals surface area contributed by atoms with E-state index < -0.39 is 0 Å². The average Bonchev–Trinajstić information content (AvgIpc) is 2.65. The van der Waals surface area contributed by atoms with E-state index in [1.807, 2.05) is 20.8 Å². The molecule has 0 heterocycles. The number of hydrogen-bond acceptors (Lipinski definition) is 8. The summed E-state index contributed by atoms with van der Waals surface area (Å²) >= 11 is 0. The highest BCUT2D eigenvalue weighted by Crippen LogP contribution is 1.88. The van der Waals surface area contributed by atoms with Gasteiger partial charge in [-0.25, -0.2) is 0 Å². The summed E-state index contributed by atoms with van der Waals surface area (Å²) in [6, 6.07) is 0. The molecule has 0 unspecified atom stereocenters. The standard InChI is InChI=1S/C19H40O8/c1-4-20-5-6-21-7-8-22-9-10-23-11-12-24-13-14-25-15-16-26-17-18-27-19(2)3/h19H,4-18H2,1-3H3. The predicted octanol–water partition coefficient (Wildman–Crippen LogP) is 1.55. The maximum atomic E-state index is 5.41. The summed E-state index contributed by atoms with van der Waals surface area (Å²) in [6.07, 6.45) is 0.245. The van der Waals surface area contributed by atoms with E-state index in [0.717, 1.165) is 6.61 Å². The molecule has 0 amide bonds. The summed E-state index contributed by atoms with van der Waals surface area (Å²) in [4.78, 5) is 0. The summed E-state index contributed by atoms with van der Waals surface area (Å²) < 4.78 is 42.9. The van der Waals surface area contributed by atoms with Crippen LogP contribution in [-0.4, -0.2) is 105 Å². The Bertz CT molecular complexity index is 266. The Morgan fingerprint density at radius 3 is 0.926 bits per heavy atom. The third kappa shape index (κ3) is 25.7. The van der Waals surface area contributed by atoms with Gasteiger partial charge in [0.25, 0.3) is 0 Å². The quantitative estimate of drug-likeness (QED) is 0.241. The van der Waals surface area contributed by atoms with Crippen molar-refractivity contribution in [3.63, 3.8) is 0 Å². The second-order valence-electron chi connectivity index (χ2n) is 5.79. The molecule has 0 saturated heterocycles. The van der Waals surface area contributed by atoms with Crippen LogP contribution in [0.25, 0.3) is 0 Å². The molecule has 0 saturated carbocycles. The van der Waals surface area contributed by atoms with Crippen LogP contribution in [0.1, 0.15) is 20.8 Å². The van der Waals surface area contributed by atoms with E-state index in [1.54, 1.807) is 0 Å². The molecular formula is C19H40O8. The van der Waals surface area contributed by atoms with Crippen LogP contribution in [0.3, 0.4) is 0 Å². The summed E-state index contributed by atoms with van der Waals surface area (Å²) in [6.45, 7) is 14.7. The number of rotatable bonds is 23. The van der Waals surface area contributed by atoms with E-state index in [4.69, 9.17) is 37.9 Å². The predicted molar refractivity (Wildman–Crippen MR) is 102 cm³/mol. The molecule has 0 aromatic rings. The topological polar surface area (TPSA) is 73.8 Å². The SMILES string of the molecule is CCOCCOCCOCCOCCOCCOCCOCCOC(C)C. The van der Waals surface area contributed by atoms with Gasteiger partial charge in [0.1, 0.15) is 0 Å². The number of hydrogen-bond donors (Lipinski definition) is 0. The second kappa shape index (κ2) is 23.7. The zero-order valence-electron chi connectivity index (χ0n) is 17.4. The molecule has 0 aromatic carbocycles. The van der Waals surface area contributed by atoms with Gasteiger partial charge in [-0.15, -0.1) is 0 Å². The second-order valence-corrected chi connectivity index (χ2v) is 5.79. The first-order valence-corrected chi connectivity index (χ1v) is 9.93. The van der Waals surface area contributed by atoms with Crippen molar-refractivity contribution >= 4 is 0 Å². The van der Waals surface area contributed by atoms with Crippen molar-refractivity contribution in [1.29, 1.82) is 0 Å². The molecule has 27 heavy (non-hydrogen) atoms. The Kier molecular flexibility index (Phi) is 23.4. The van der Waals surface area contributed by atoms with E-state index in [9.17, 15) is 0 Å². The minimum absolute atomic E-state index is 0.245. The van der Waals surface area contributed by atoms with Crippen molar-refractivity contribution in [3.05, 3.63) is 0 Å². The first kappa shape index (κ1) is 26.7. The monoisotopic (exact) mass is 396 g/mol. The van der Waals surface area contributed by atoms with Crippen LogP contribution < -0.4 is 0 Å². The molecule has 0 fully saturated rings. The normalized spacial score (nSPS) is 11.6.